The maximum Gasteiger partial charge on any atom is 0.253 e. The largest absolute Gasteiger partial charge is 0.355 e. The molecule has 0 saturated carbocycles. The molecule has 7 heteroatoms. The second-order valence-electron chi connectivity index (χ2n) is 7.05. The maximum absolute atomic E-state index is 12.9. The lowest BCUT2D eigenvalue weighted by Gasteiger charge is -2.22. The highest BCUT2D eigenvalue weighted by Gasteiger charge is 2.21. The highest BCUT2D eigenvalue weighted by atomic mass is 32.2. The molecule has 1 aromatic carbocycles. The Balaban J connectivity index is 1.51. The summed E-state index contributed by atoms with van der Waals surface area (Å²) in [7, 11) is 0. The summed E-state index contributed by atoms with van der Waals surface area (Å²) in [6, 6.07) is 11.8. The zero-order chi connectivity index (χ0) is 20.5. The third-order valence-corrected chi connectivity index (χ3v) is 5.93. The van der Waals surface area contributed by atoms with Gasteiger partial charge in [0.2, 0.25) is 5.91 Å². The Morgan fingerprint density at radius 1 is 1.10 bits per heavy atom. The molecule has 1 N–H and O–H groups in total. The molecule has 0 radical (unpaired) electrons. The summed E-state index contributed by atoms with van der Waals surface area (Å²) in [5.41, 5.74) is 1.90. The molecule has 154 valence electrons. The molecule has 1 fully saturated rings. The minimum Gasteiger partial charge on any atom is -0.355 e. The van der Waals surface area contributed by atoms with Gasteiger partial charge < -0.3 is 10.2 Å². The Kier molecular flexibility index (Phi) is 8.07. The summed E-state index contributed by atoms with van der Waals surface area (Å²) in [4.78, 5) is 34.0. The molecule has 1 saturated heterocycles. The van der Waals surface area contributed by atoms with Gasteiger partial charge in [-0.15, -0.1) is 11.8 Å². The molecule has 6 nitrogen and oxygen atoms in total. The molecule has 2 heterocycles. The molecule has 1 aliphatic heterocycles. The van der Waals surface area contributed by atoms with Crippen LogP contribution in [0.3, 0.4) is 0 Å². The molecule has 0 unspecified atom stereocenters. The lowest BCUT2D eigenvalue weighted by molar-refractivity contribution is -0.122. The van der Waals surface area contributed by atoms with Gasteiger partial charge >= 0.3 is 0 Å². The number of carbonyl (C=O) groups is 2. The number of rotatable bonds is 7. The Morgan fingerprint density at radius 3 is 2.66 bits per heavy atom. The van der Waals surface area contributed by atoms with E-state index in [-0.39, 0.29) is 11.8 Å². The molecule has 0 spiro atoms. The molecular formula is C22H28N4O2S. The quantitative estimate of drug-likeness (QED) is 0.709. The van der Waals surface area contributed by atoms with Crippen LogP contribution in [0, 0.1) is 0 Å². The molecule has 1 aromatic heterocycles. The van der Waals surface area contributed by atoms with Gasteiger partial charge in [0.15, 0.2) is 0 Å². The van der Waals surface area contributed by atoms with Crippen molar-refractivity contribution in [1.82, 2.24) is 20.1 Å². The zero-order valence-electron chi connectivity index (χ0n) is 16.8. The van der Waals surface area contributed by atoms with E-state index >= 15 is 0 Å². The highest BCUT2D eigenvalue weighted by molar-refractivity contribution is 7.98. The van der Waals surface area contributed by atoms with E-state index in [2.05, 4.69) is 21.3 Å². The number of benzene rings is 1. The standard InChI is InChI=1S/C22H28N4O2S/c1-2-24-21(27)16-25-11-4-12-26(14-13-25)22(28)19-6-8-20(9-7-19)29-17-18-5-3-10-23-15-18/h3,5-10,15H,2,4,11-14,16-17H2,1H3,(H,24,27). The van der Waals surface area contributed by atoms with Crippen molar-refractivity contribution in [1.29, 1.82) is 0 Å². The van der Waals surface area contributed by atoms with Crippen LogP contribution in [0.4, 0.5) is 0 Å². The lowest BCUT2D eigenvalue weighted by atomic mass is 10.2. The van der Waals surface area contributed by atoms with Crippen LogP contribution >= 0.6 is 11.8 Å². The van der Waals surface area contributed by atoms with Crippen molar-refractivity contribution in [2.45, 2.75) is 24.0 Å². The van der Waals surface area contributed by atoms with Crippen LogP contribution in [0.15, 0.2) is 53.7 Å². The molecule has 0 bridgehead atoms. The second kappa shape index (κ2) is 11.0. The highest BCUT2D eigenvalue weighted by Crippen LogP contribution is 2.23. The fourth-order valence-electron chi connectivity index (χ4n) is 3.31. The van der Waals surface area contributed by atoms with Crippen LogP contribution in [0.25, 0.3) is 0 Å². The fourth-order valence-corrected chi connectivity index (χ4v) is 4.15. The second-order valence-corrected chi connectivity index (χ2v) is 8.10. The van der Waals surface area contributed by atoms with E-state index in [4.69, 9.17) is 0 Å². The molecule has 1 aliphatic rings. The SMILES string of the molecule is CCNC(=O)CN1CCCN(C(=O)c2ccc(SCc3cccnc3)cc2)CC1. The molecule has 3 rings (SSSR count). The van der Waals surface area contributed by atoms with Gasteiger partial charge in [0.05, 0.1) is 6.54 Å². The predicted molar refractivity (Wildman–Crippen MR) is 116 cm³/mol. The molecule has 0 atom stereocenters. The smallest absolute Gasteiger partial charge is 0.253 e. The van der Waals surface area contributed by atoms with Gasteiger partial charge in [0, 0.05) is 61.3 Å². The van der Waals surface area contributed by atoms with Gasteiger partial charge in [-0.3, -0.25) is 19.5 Å². The van der Waals surface area contributed by atoms with Gasteiger partial charge in [0.25, 0.3) is 5.91 Å². The maximum atomic E-state index is 12.9. The van der Waals surface area contributed by atoms with E-state index in [1.807, 2.05) is 48.4 Å². The normalized spacial score (nSPS) is 15.0. The molecule has 2 amide bonds. The molecule has 29 heavy (non-hydrogen) atoms. The number of thioether (sulfide) groups is 1. The molecule has 0 aliphatic carbocycles. The van der Waals surface area contributed by atoms with Crippen molar-refractivity contribution < 1.29 is 9.59 Å². The minimum absolute atomic E-state index is 0.0478. The first-order valence-corrected chi connectivity index (χ1v) is 11.0. The number of carbonyl (C=O) groups excluding carboxylic acids is 2. The summed E-state index contributed by atoms with van der Waals surface area (Å²) < 4.78 is 0. The van der Waals surface area contributed by atoms with Crippen molar-refractivity contribution >= 4 is 23.6 Å². The number of aromatic nitrogens is 1. The van der Waals surface area contributed by atoms with Crippen LogP contribution < -0.4 is 5.32 Å². The van der Waals surface area contributed by atoms with Crippen LogP contribution in [-0.2, 0) is 10.5 Å². The number of hydrogen-bond acceptors (Lipinski definition) is 5. The van der Waals surface area contributed by atoms with E-state index in [1.165, 1.54) is 5.56 Å². The first-order valence-electron chi connectivity index (χ1n) is 10.1. The van der Waals surface area contributed by atoms with E-state index in [0.717, 1.165) is 36.7 Å². The van der Waals surface area contributed by atoms with Crippen molar-refractivity contribution in [3.8, 4) is 0 Å². The van der Waals surface area contributed by atoms with E-state index < -0.39 is 0 Å². The van der Waals surface area contributed by atoms with Crippen molar-refractivity contribution in [3.05, 3.63) is 59.9 Å². The summed E-state index contributed by atoms with van der Waals surface area (Å²) in [6.07, 6.45) is 4.53. The van der Waals surface area contributed by atoms with Crippen LogP contribution in [0.1, 0.15) is 29.3 Å². The summed E-state index contributed by atoms with van der Waals surface area (Å²) in [6.45, 7) is 5.90. The first kappa shape index (κ1) is 21.3. The average Bonchev–Trinajstić information content (AvgIpc) is 2.98. The first-order chi connectivity index (χ1) is 14.2. The van der Waals surface area contributed by atoms with Crippen molar-refractivity contribution in [3.63, 3.8) is 0 Å². The fraction of sp³-hybridized carbons (Fsp3) is 0.409. The van der Waals surface area contributed by atoms with Crippen LogP contribution in [0.2, 0.25) is 0 Å². The van der Waals surface area contributed by atoms with Crippen molar-refractivity contribution in [2.75, 3.05) is 39.3 Å². The Labute approximate surface area is 176 Å². The number of amides is 2. The van der Waals surface area contributed by atoms with Gasteiger partial charge in [-0.05, 0) is 49.2 Å². The van der Waals surface area contributed by atoms with Gasteiger partial charge in [-0.25, -0.2) is 0 Å². The average molecular weight is 413 g/mol. The van der Waals surface area contributed by atoms with Crippen LogP contribution in [-0.4, -0.2) is 65.9 Å². The minimum atomic E-state index is 0.0478. The van der Waals surface area contributed by atoms with Crippen molar-refractivity contribution in [2.24, 2.45) is 0 Å². The number of nitrogens with one attached hydrogen (secondary N) is 1. The third-order valence-electron chi connectivity index (χ3n) is 4.85. The number of pyridine rings is 1. The molecule has 2 aromatic rings. The van der Waals surface area contributed by atoms with Gasteiger partial charge in [-0.2, -0.15) is 0 Å². The van der Waals surface area contributed by atoms with E-state index in [9.17, 15) is 9.59 Å². The Bertz CT molecular complexity index is 798. The summed E-state index contributed by atoms with van der Waals surface area (Å²) in [5.74, 6) is 0.967. The zero-order valence-corrected chi connectivity index (χ0v) is 17.7. The number of likely N-dealkylation sites (N-methyl/N-ethyl adjacent to an activating group) is 1. The summed E-state index contributed by atoms with van der Waals surface area (Å²) in [5, 5.41) is 2.83. The number of hydrogen-bond donors (Lipinski definition) is 1. The summed E-state index contributed by atoms with van der Waals surface area (Å²) >= 11 is 1.73. The monoisotopic (exact) mass is 412 g/mol. The number of nitrogens with zero attached hydrogens (tertiary/aromatic N) is 3. The lowest BCUT2D eigenvalue weighted by Crippen LogP contribution is -2.40. The topological polar surface area (TPSA) is 65.5 Å². The molecular weight excluding hydrogens is 384 g/mol. The van der Waals surface area contributed by atoms with Crippen LogP contribution in [0.5, 0.6) is 0 Å². The predicted octanol–water partition coefficient (Wildman–Crippen LogP) is 2.66. The third kappa shape index (κ3) is 6.58. The van der Waals surface area contributed by atoms with Gasteiger partial charge in [-0.1, -0.05) is 6.07 Å². The Hall–Kier alpha value is -2.38. The Morgan fingerprint density at radius 2 is 1.93 bits per heavy atom. The van der Waals surface area contributed by atoms with E-state index in [0.29, 0.717) is 25.2 Å². The van der Waals surface area contributed by atoms with E-state index in [1.54, 1.807) is 18.0 Å². The van der Waals surface area contributed by atoms with Gasteiger partial charge in [0.1, 0.15) is 0 Å².